The first-order valence-electron chi connectivity index (χ1n) is 4.59. The Morgan fingerprint density at radius 1 is 1.45 bits per heavy atom. The lowest BCUT2D eigenvalue weighted by molar-refractivity contribution is 0.0467. The number of piperidine rings is 2. The third-order valence-electron chi connectivity index (χ3n) is 3.59. The van der Waals surface area contributed by atoms with Gasteiger partial charge in [-0.1, -0.05) is 6.92 Å². The Hall–Kier alpha value is 0.390. The second-order valence-corrected chi connectivity index (χ2v) is 5.90. The van der Waals surface area contributed by atoms with Gasteiger partial charge in [-0.25, -0.2) is 0 Å². The van der Waals surface area contributed by atoms with E-state index in [-0.39, 0.29) is 0 Å². The molecule has 64 valence electrons. The summed E-state index contributed by atoms with van der Waals surface area (Å²) in [5, 5.41) is 0.551. The van der Waals surface area contributed by atoms with Crippen molar-refractivity contribution in [3.8, 4) is 0 Å². The first-order valence-corrected chi connectivity index (χ1v) is 5.16. The lowest BCUT2D eigenvalue weighted by Gasteiger charge is -2.52. The van der Waals surface area contributed by atoms with Crippen LogP contribution in [0.1, 0.15) is 26.2 Å². The molecule has 3 rings (SSSR count). The van der Waals surface area contributed by atoms with Crippen LogP contribution in [-0.2, 0) is 0 Å². The first-order chi connectivity index (χ1) is 5.09. The fourth-order valence-electron chi connectivity index (χ4n) is 2.67. The molecule has 3 aliphatic rings. The highest BCUT2D eigenvalue weighted by molar-refractivity contribution is 7.19. The summed E-state index contributed by atoms with van der Waals surface area (Å²) in [5.41, 5.74) is 0. The molecule has 3 fully saturated rings. The minimum absolute atomic E-state index is 0.551. The van der Waals surface area contributed by atoms with Crippen LogP contribution in [0.3, 0.4) is 0 Å². The van der Waals surface area contributed by atoms with Crippen molar-refractivity contribution in [1.82, 2.24) is 4.90 Å². The molecule has 2 heterocycles. The number of nitrogens with zero attached hydrogens (tertiary/aromatic N) is 1. The molecule has 0 radical (unpaired) electrons. The van der Waals surface area contributed by atoms with Crippen molar-refractivity contribution in [2.75, 3.05) is 13.6 Å². The molecule has 2 bridgehead atoms. The predicted octanol–water partition coefficient (Wildman–Crippen LogP) is 1.73. The SMILES string of the molecule is CN1CC2CCC1CC2(C)P. The molecular weight excluding hydrogens is 153 g/mol. The Labute approximate surface area is 71.7 Å². The minimum Gasteiger partial charge on any atom is -0.303 e. The highest BCUT2D eigenvalue weighted by atomic mass is 31.0. The molecule has 0 spiro atoms. The maximum Gasteiger partial charge on any atom is 0.0101 e. The van der Waals surface area contributed by atoms with Crippen LogP contribution >= 0.6 is 9.24 Å². The van der Waals surface area contributed by atoms with E-state index in [4.69, 9.17) is 0 Å². The molecule has 2 heteroatoms. The van der Waals surface area contributed by atoms with Crippen LogP contribution in [0, 0.1) is 5.92 Å². The molecule has 0 aromatic heterocycles. The second kappa shape index (κ2) is 2.44. The maximum absolute atomic E-state index is 3.07. The fraction of sp³-hybridized carbons (Fsp3) is 1.00. The fourth-order valence-corrected chi connectivity index (χ4v) is 3.22. The largest absolute Gasteiger partial charge is 0.303 e. The zero-order chi connectivity index (χ0) is 8.06. The molecule has 0 N–H and O–H groups in total. The van der Waals surface area contributed by atoms with Gasteiger partial charge in [-0.3, -0.25) is 0 Å². The van der Waals surface area contributed by atoms with Gasteiger partial charge >= 0.3 is 0 Å². The zero-order valence-electron chi connectivity index (χ0n) is 7.51. The standard InChI is InChI=1S/C9H18NP/c1-9(11)5-8-4-3-7(9)6-10(8)2/h7-8H,3-6,11H2,1-2H3. The topological polar surface area (TPSA) is 3.24 Å². The summed E-state index contributed by atoms with van der Waals surface area (Å²) in [5.74, 6) is 0.933. The van der Waals surface area contributed by atoms with Crippen molar-refractivity contribution in [2.24, 2.45) is 5.92 Å². The van der Waals surface area contributed by atoms with E-state index in [1.807, 2.05) is 0 Å². The number of rotatable bonds is 0. The lowest BCUT2D eigenvalue weighted by Crippen LogP contribution is -2.55. The second-order valence-electron chi connectivity index (χ2n) is 4.58. The van der Waals surface area contributed by atoms with Crippen LogP contribution in [0.25, 0.3) is 0 Å². The summed E-state index contributed by atoms with van der Waals surface area (Å²) < 4.78 is 0. The van der Waals surface area contributed by atoms with Gasteiger partial charge < -0.3 is 4.90 Å². The van der Waals surface area contributed by atoms with Gasteiger partial charge in [0.15, 0.2) is 0 Å². The quantitative estimate of drug-likeness (QED) is 0.502. The number of fused-ring (bicyclic) bond motifs is 3. The van der Waals surface area contributed by atoms with Gasteiger partial charge in [0.25, 0.3) is 0 Å². The van der Waals surface area contributed by atoms with Gasteiger partial charge in [0.2, 0.25) is 0 Å². The highest BCUT2D eigenvalue weighted by Gasteiger charge is 2.43. The van der Waals surface area contributed by atoms with Crippen LogP contribution in [0.4, 0.5) is 0 Å². The molecule has 0 aromatic rings. The first kappa shape index (κ1) is 8.01. The molecule has 11 heavy (non-hydrogen) atoms. The van der Waals surface area contributed by atoms with Crippen molar-refractivity contribution in [3.63, 3.8) is 0 Å². The Bertz CT molecular complexity index is 167. The molecule has 1 nitrogen and oxygen atoms in total. The van der Waals surface area contributed by atoms with Crippen molar-refractivity contribution < 1.29 is 0 Å². The molecule has 4 unspecified atom stereocenters. The molecule has 2 saturated heterocycles. The summed E-state index contributed by atoms with van der Waals surface area (Å²) >= 11 is 0. The smallest absolute Gasteiger partial charge is 0.0101 e. The average molecular weight is 171 g/mol. The van der Waals surface area contributed by atoms with Crippen molar-refractivity contribution in [3.05, 3.63) is 0 Å². The van der Waals surface area contributed by atoms with Crippen LogP contribution < -0.4 is 0 Å². The normalized spacial score (nSPS) is 51.5. The van der Waals surface area contributed by atoms with Gasteiger partial charge in [0.1, 0.15) is 0 Å². The van der Waals surface area contributed by atoms with Crippen molar-refractivity contribution >= 4 is 9.24 Å². The van der Waals surface area contributed by atoms with Crippen molar-refractivity contribution in [2.45, 2.75) is 37.4 Å². The molecule has 0 amide bonds. The van der Waals surface area contributed by atoms with Crippen LogP contribution in [0.2, 0.25) is 0 Å². The van der Waals surface area contributed by atoms with E-state index >= 15 is 0 Å². The summed E-state index contributed by atoms with van der Waals surface area (Å²) in [7, 11) is 5.34. The van der Waals surface area contributed by atoms with E-state index in [0.717, 1.165) is 12.0 Å². The Kier molecular flexibility index (Phi) is 1.77. The van der Waals surface area contributed by atoms with Crippen LogP contribution in [0.5, 0.6) is 0 Å². The van der Waals surface area contributed by atoms with E-state index in [2.05, 4.69) is 28.1 Å². The minimum atomic E-state index is 0.551. The summed E-state index contributed by atoms with van der Waals surface area (Å²) in [6.45, 7) is 3.73. The molecule has 1 saturated carbocycles. The molecule has 1 aliphatic carbocycles. The average Bonchev–Trinajstić information content (AvgIpc) is 1.90. The molecule has 2 aliphatic heterocycles. The van der Waals surface area contributed by atoms with E-state index in [1.54, 1.807) is 0 Å². The van der Waals surface area contributed by atoms with E-state index in [1.165, 1.54) is 25.8 Å². The van der Waals surface area contributed by atoms with E-state index in [9.17, 15) is 0 Å². The Morgan fingerprint density at radius 2 is 2.18 bits per heavy atom. The summed E-state index contributed by atoms with van der Waals surface area (Å²) in [4.78, 5) is 2.54. The highest BCUT2D eigenvalue weighted by Crippen LogP contribution is 2.46. The molecular formula is C9H18NP. The molecule has 4 atom stereocenters. The lowest BCUT2D eigenvalue weighted by atomic mass is 9.72. The van der Waals surface area contributed by atoms with Gasteiger partial charge in [-0.05, 0) is 37.4 Å². The number of hydrogen-bond acceptors (Lipinski definition) is 1. The summed E-state index contributed by atoms with van der Waals surface area (Å²) in [6, 6.07) is 0.877. The van der Waals surface area contributed by atoms with E-state index < -0.39 is 0 Å². The predicted molar refractivity (Wildman–Crippen MR) is 51.9 cm³/mol. The van der Waals surface area contributed by atoms with Gasteiger partial charge in [-0.2, -0.15) is 0 Å². The Morgan fingerprint density at radius 3 is 2.45 bits per heavy atom. The Balaban J connectivity index is 2.16. The van der Waals surface area contributed by atoms with Crippen LogP contribution in [0.15, 0.2) is 0 Å². The van der Waals surface area contributed by atoms with Crippen LogP contribution in [-0.4, -0.2) is 29.7 Å². The zero-order valence-corrected chi connectivity index (χ0v) is 8.66. The van der Waals surface area contributed by atoms with Gasteiger partial charge in [0.05, 0.1) is 0 Å². The van der Waals surface area contributed by atoms with E-state index in [0.29, 0.717) is 5.16 Å². The summed E-state index contributed by atoms with van der Waals surface area (Å²) in [6.07, 6.45) is 4.28. The van der Waals surface area contributed by atoms with Gasteiger partial charge in [0, 0.05) is 12.6 Å². The number of hydrogen-bond donors (Lipinski definition) is 0. The third-order valence-corrected chi connectivity index (χ3v) is 4.30. The monoisotopic (exact) mass is 171 g/mol. The molecule has 0 aromatic carbocycles. The van der Waals surface area contributed by atoms with Crippen molar-refractivity contribution in [1.29, 1.82) is 0 Å². The third kappa shape index (κ3) is 1.23. The maximum atomic E-state index is 3.07. The van der Waals surface area contributed by atoms with Gasteiger partial charge in [-0.15, -0.1) is 9.24 Å².